The average molecular weight is 300 g/mol. The van der Waals surface area contributed by atoms with Gasteiger partial charge in [-0.05, 0) is 43.7 Å². The lowest BCUT2D eigenvalue weighted by molar-refractivity contribution is 0.729. The van der Waals surface area contributed by atoms with Gasteiger partial charge in [-0.2, -0.15) is 0 Å². The SMILES string of the molecule is CCn1c(CNc2ccc(C)cc2Cl)nc2ccccc21. The lowest BCUT2D eigenvalue weighted by atomic mass is 10.2. The molecule has 3 aromatic rings. The summed E-state index contributed by atoms with van der Waals surface area (Å²) in [5, 5.41) is 4.12. The Balaban J connectivity index is 1.88. The zero-order valence-corrected chi connectivity index (χ0v) is 13.0. The fraction of sp³-hybridized carbons (Fsp3) is 0.235. The van der Waals surface area contributed by atoms with Gasteiger partial charge in [0.1, 0.15) is 5.82 Å². The molecule has 108 valence electrons. The Morgan fingerprint density at radius 3 is 2.76 bits per heavy atom. The molecule has 4 heteroatoms. The highest BCUT2D eigenvalue weighted by Gasteiger charge is 2.09. The standard InChI is InChI=1S/C17H18ClN3/c1-3-21-16-7-5-4-6-15(16)20-17(21)11-19-14-9-8-12(2)10-13(14)18/h4-10,19H,3,11H2,1-2H3. The van der Waals surface area contributed by atoms with E-state index in [9.17, 15) is 0 Å². The summed E-state index contributed by atoms with van der Waals surface area (Å²) < 4.78 is 2.23. The summed E-state index contributed by atoms with van der Waals surface area (Å²) in [4.78, 5) is 4.70. The van der Waals surface area contributed by atoms with E-state index in [1.54, 1.807) is 0 Å². The highest BCUT2D eigenvalue weighted by Crippen LogP contribution is 2.24. The van der Waals surface area contributed by atoms with Gasteiger partial charge in [-0.1, -0.05) is 29.8 Å². The predicted molar refractivity (Wildman–Crippen MR) is 88.9 cm³/mol. The van der Waals surface area contributed by atoms with Gasteiger partial charge in [0, 0.05) is 6.54 Å². The zero-order valence-electron chi connectivity index (χ0n) is 12.2. The van der Waals surface area contributed by atoms with Crippen molar-refractivity contribution < 1.29 is 0 Å². The largest absolute Gasteiger partial charge is 0.377 e. The number of rotatable bonds is 4. The number of fused-ring (bicyclic) bond motifs is 1. The van der Waals surface area contributed by atoms with E-state index >= 15 is 0 Å². The number of nitrogens with one attached hydrogen (secondary N) is 1. The van der Waals surface area contributed by atoms with Crippen LogP contribution in [-0.2, 0) is 13.1 Å². The van der Waals surface area contributed by atoms with Gasteiger partial charge in [-0.15, -0.1) is 0 Å². The van der Waals surface area contributed by atoms with E-state index in [-0.39, 0.29) is 0 Å². The summed E-state index contributed by atoms with van der Waals surface area (Å²) in [5.41, 5.74) is 4.31. The molecule has 0 aliphatic carbocycles. The number of para-hydroxylation sites is 2. The summed E-state index contributed by atoms with van der Waals surface area (Å²) in [6.07, 6.45) is 0. The molecule has 0 fully saturated rings. The van der Waals surface area contributed by atoms with Crippen molar-refractivity contribution in [2.45, 2.75) is 26.9 Å². The van der Waals surface area contributed by atoms with Gasteiger partial charge in [-0.3, -0.25) is 0 Å². The highest BCUT2D eigenvalue weighted by atomic mass is 35.5. The summed E-state index contributed by atoms with van der Waals surface area (Å²) >= 11 is 6.26. The number of hydrogen-bond acceptors (Lipinski definition) is 2. The van der Waals surface area contributed by atoms with E-state index in [4.69, 9.17) is 16.6 Å². The number of aryl methyl sites for hydroxylation is 2. The number of halogens is 1. The second-order valence-corrected chi connectivity index (χ2v) is 5.51. The van der Waals surface area contributed by atoms with Gasteiger partial charge in [0.25, 0.3) is 0 Å². The molecule has 1 N–H and O–H groups in total. The van der Waals surface area contributed by atoms with Gasteiger partial charge in [0.05, 0.1) is 28.3 Å². The Labute approximate surface area is 129 Å². The predicted octanol–water partition coefficient (Wildman–Crippen LogP) is 4.63. The molecular weight excluding hydrogens is 282 g/mol. The Hall–Kier alpha value is -2.00. The van der Waals surface area contributed by atoms with Crippen molar-refractivity contribution in [3.05, 3.63) is 58.9 Å². The fourth-order valence-electron chi connectivity index (χ4n) is 2.55. The smallest absolute Gasteiger partial charge is 0.129 e. The number of hydrogen-bond donors (Lipinski definition) is 1. The van der Waals surface area contributed by atoms with Crippen molar-refractivity contribution in [3.63, 3.8) is 0 Å². The topological polar surface area (TPSA) is 29.9 Å². The number of imidazole rings is 1. The summed E-state index contributed by atoms with van der Waals surface area (Å²) in [7, 11) is 0. The molecule has 2 aromatic carbocycles. The maximum Gasteiger partial charge on any atom is 0.129 e. The van der Waals surface area contributed by atoms with Crippen LogP contribution in [0.1, 0.15) is 18.3 Å². The van der Waals surface area contributed by atoms with Crippen LogP contribution in [0.5, 0.6) is 0 Å². The van der Waals surface area contributed by atoms with Crippen molar-refractivity contribution in [1.29, 1.82) is 0 Å². The summed E-state index contributed by atoms with van der Waals surface area (Å²) in [6, 6.07) is 14.2. The van der Waals surface area contributed by atoms with E-state index in [1.165, 1.54) is 5.52 Å². The number of nitrogens with zero attached hydrogens (tertiary/aromatic N) is 2. The molecule has 0 saturated carbocycles. The van der Waals surface area contributed by atoms with Crippen LogP contribution in [0, 0.1) is 6.92 Å². The number of benzene rings is 2. The quantitative estimate of drug-likeness (QED) is 0.761. The molecule has 0 spiro atoms. The molecule has 1 heterocycles. The van der Waals surface area contributed by atoms with Crippen molar-refractivity contribution in [2.24, 2.45) is 0 Å². The normalized spacial score (nSPS) is 11.0. The molecule has 3 rings (SSSR count). The van der Waals surface area contributed by atoms with Crippen LogP contribution in [0.15, 0.2) is 42.5 Å². The molecule has 21 heavy (non-hydrogen) atoms. The van der Waals surface area contributed by atoms with E-state index in [2.05, 4.69) is 28.9 Å². The Kier molecular flexibility index (Phi) is 3.84. The third-order valence-corrected chi connectivity index (χ3v) is 3.92. The minimum Gasteiger partial charge on any atom is -0.377 e. The maximum absolute atomic E-state index is 6.26. The van der Waals surface area contributed by atoms with Gasteiger partial charge in [0.2, 0.25) is 0 Å². The lowest BCUT2D eigenvalue weighted by Crippen LogP contribution is -2.08. The highest BCUT2D eigenvalue weighted by molar-refractivity contribution is 6.33. The van der Waals surface area contributed by atoms with E-state index in [0.29, 0.717) is 6.54 Å². The van der Waals surface area contributed by atoms with Crippen molar-refractivity contribution in [2.75, 3.05) is 5.32 Å². The van der Waals surface area contributed by atoms with Crippen molar-refractivity contribution in [1.82, 2.24) is 9.55 Å². The second kappa shape index (κ2) is 5.78. The Morgan fingerprint density at radius 2 is 2.00 bits per heavy atom. The van der Waals surface area contributed by atoms with E-state index < -0.39 is 0 Å². The second-order valence-electron chi connectivity index (χ2n) is 5.10. The van der Waals surface area contributed by atoms with E-state index in [1.807, 2.05) is 37.3 Å². The third-order valence-electron chi connectivity index (χ3n) is 3.61. The average Bonchev–Trinajstić information content (AvgIpc) is 2.83. The molecule has 0 aliphatic rings. The van der Waals surface area contributed by atoms with Gasteiger partial charge in [-0.25, -0.2) is 4.98 Å². The Bertz CT molecular complexity index is 777. The first-order valence-electron chi connectivity index (χ1n) is 7.13. The van der Waals surface area contributed by atoms with Crippen LogP contribution in [0.2, 0.25) is 5.02 Å². The molecule has 0 saturated heterocycles. The minimum atomic E-state index is 0.658. The van der Waals surface area contributed by atoms with Gasteiger partial charge in [0.15, 0.2) is 0 Å². The monoisotopic (exact) mass is 299 g/mol. The van der Waals surface area contributed by atoms with Crippen LogP contribution in [0.3, 0.4) is 0 Å². The van der Waals surface area contributed by atoms with Gasteiger partial charge >= 0.3 is 0 Å². The molecule has 1 aromatic heterocycles. The zero-order chi connectivity index (χ0) is 14.8. The third kappa shape index (κ3) is 2.74. The van der Waals surface area contributed by atoms with Gasteiger partial charge < -0.3 is 9.88 Å². The van der Waals surface area contributed by atoms with Crippen LogP contribution in [0.25, 0.3) is 11.0 Å². The maximum atomic E-state index is 6.26. The molecule has 0 atom stereocenters. The summed E-state index contributed by atoms with van der Waals surface area (Å²) in [6.45, 7) is 5.73. The molecule has 3 nitrogen and oxygen atoms in total. The first-order chi connectivity index (χ1) is 10.2. The van der Waals surface area contributed by atoms with Crippen molar-refractivity contribution in [3.8, 4) is 0 Å². The molecule has 0 aliphatic heterocycles. The number of anilines is 1. The van der Waals surface area contributed by atoms with Crippen molar-refractivity contribution >= 4 is 28.3 Å². The van der Waals surface area contributed by atoms with Crippen LogP contribution in [-0.4, -0.2) is 9.55 Å². The molecule has 0 bridgehead atoms. The fourth-order valence-corrected chi connectivity index (χ4v) is 2.85. The van der Waals surface area contributed by atoms with E-state index in [0.717, 1.165) is 34.2 Å². The molecule has 0 amide bonds. The number of aromatic nitrogens is 2. The first kappa shape index (κ1) is 14.0. The molecular formula is C17H18ClN3. The van der Waals surface area contributed by atoms with Crippen LogP contribution >= 0.6 is 11.6 Å². The summed E-state index contributed by atoms with van der Waals surface area (Å²) in [5.74, 6) is 1.02. The Morgan fingerprint density at radius 1 is 1.19 bits per heavy atom. The van der Waals surface area contributed by atoms with Crippen LogP contribution < -0.4 is 5.32 Å². The minimum absolute atomic E-state index is 0.658. The lowest BCUT2D eigenvalue weighted by Gasteiger charge is -2.10. The molecule has 0 unspecified atom stereocenters. The van der Waals surface area contributed by atoms with Crippen LogP contribution in [0.4, 0.5) is 5.69 Å². The molecule has 0 radical (unpaired) electrons. The first-order valence-corrected chi connectivity index (χ1v) is 7.51.